The van der Waals surface area contributed by atoms with Crippen LogP contribution in [0, 0.1) is 11.8 Å². The largest absolute Gasteiger partial charge is 0.410 e. The molecule has 200 valence electrons. The number of pyridine rings is 1. The van der Waals surface area contributed by atoms with Gasteiger partial charge in [-0.15, -0.1) is 0 Å². The number of nitrogens with one attached hydrogen (secondary N) is 1. The van der Waals surface area contributed by atoms with Gasteiger partial charge in [0.2, 0.25) is 11.6 Å². The van der Waals surface area contributed by atoms with Crippen LogP contribution in [-0.4, -0.2) is 42.1 Å². The molecule has 7 nitrogen and oxygen atoms in total. The maximum Gasteiger partial charge on any atom is 0.311 e. The van der Waals surface area contributed by atoms with Gasteiger partial charge in [-0.05, 0) is 36.4 Å². The highest BCUT2D eigenvalue weighted by Crippen LogP contribution is 2.24. The fourth-order valence-electron chi connectivity index (χ4n) is 3.87. The molecular formula is C25H21F6N5O2. The van der Waals surface area contributed by atoms with Crippen LogP contribution in [0.3, 0.4) is 0 Å². The number of aromatic nitrogens is 2. The minimum Gasteiger partial charge on any atom is -0.410 e. The number of hydrogen-bond acceptors (Lipinski definition) is 6. The summed E-state index contributed by atoms with van der Waals surface area (Å²) in [5.74, 6) is -0.179. The molecule has 13 heteroatoms. The molecule has 1 aliphatic rings. The smallest absolute Gasteiger partial charge is 0.311 e. The highest BCUT2D eigenvalue weighted by molar-refractivity contribution is 6.03. The van der Waals surface area contributed by atoms with Crippen LogP contribution in [0.1, 0.15) is 10.5 Å². The molecule has 1 amide bonds. The van der Waals surface area contributed by atoms with Crippen molar-refractivity contribution in [2.75, 3.05) is 41.3 Å². The normalized spacial score (nSPS) is 12.6. The van der Waals surface area contributed by atoms with Gasteiger partial charge in [0, 0.05) is 50.0 Å². The summed E-state index contributed by atoms with van der Waals surface area (Å²) in [5.41, 5.74) is 1.15. The number of amides is 1. The third-order valence-corrected chi connectivity index (χ3v) is 5.62. The minimum atomic E-state index is -1.05. The monoisotopic (exact) mass is 537 g/mol. The van der Waals surface area contributed by atoms with E-state index < -0.39 is 17.6 Å². The van der Waals surface area contributed by atoms with E-state index >= 15 is 0 Å². The lowest BCUT2D eigenvalue weighted by molar-refractivity contribution is 0.101. The highest BCUT2D eigenvalue weighted by Gasteiger charge is 2.22. The molecular weight excluding hydrogens is 516 g/mol. The van der Waals surface area contributed by atoms with Gasteiger partial charge in [-0.1, -0.05) is 30.3 Å². The molecule has 4 aromatic rings. The van der Waals surface area contributed by atoms with Gasteiger partial charge in [0.15, 0.2) is 0 Å². The topological polar surface area (TPSA) is 74.5 Å². The highest BCUT2D eigenvalue weighted by atomic mass is 20.0. The Morgan fingerprint density at radius 1 is 0.816 bits per heavy atom. The molecule has 0 radical (unpaired) electrons. The first-order chi connectivity index (χ1) is 18.6. The van der Waals surface area contributed by atoms with Crippen LogP contribution in [-0.2, 0) is 0 Å². The summed E-state index contributed by atoms with van der Waals surface area (Å²) >= 11 is 0. The summed E-state index contributed by atoms with van der Waals surface area (Å²) in [7, 11) is 0. The number of nitrogens with zero attached hydrogens (tertiary/aromatic N) is 4. The zero-order valence-corrected chi connectivity index (χ0v) is 19.6. The van der Waals surface area contributed by atoms with E-state index in [4.69, 9.17) is 22.7 Å². The minimum absolute atomic E-state index is 0.0336. The summed E-state index contributed by atoms with van der Waals surface area (Å²) in [6.07, 6.45) is 1.51. The summed E-state index contributed by atoms with van der Waals surface area (Å²) in [4.78, 5) is 25.0. The van der Waals surface area contributed by atoms with Crippen LogP contribution in [0.15, 0.2) is 77.3 Å². The van der Waals surface area contributed by atoms with Crippen molar-refractivity contribution in [3.63, 3.8) is 0 Å². The van der Waals surface area contributed by atoms with Crippen molar-refractivity contribution in [1.82, 2.24) is 9.97 Å². The second-order valence-electron chi connectivity index (χ2n) is 7.79. The van der Waals surface area contributed by atoms with Crippen molar-refractivity contribution in [2.24, 2.45) is 0 Å². The number of piperazine rings is 1. The summed E-state index contributed by atoms with van der Waals surface area (Å²) in [6.45, 7) is 2.69. The fraction of sp³-hybridized carbons (Fsp3) is 0.160. The molecule has 0 bridgehead atoms. The van der Waals surface area contributed by atoms with Gasteiger partial charge >= 0.3 is 6.01 Å². The standard InChI is InChI=1S/C25H21F2N5O2.2F2/c26-19-8-4-5-9-20(19)31-12-14-32(15-13-31)21-11-10-18(16-28-21)29-24(33)22-23(27)34-25(30-22)17-6-2-1-3-7-17;2*1-2/h1-11,16H,12-15H2,(H,29,33);;. The summed E-state index contributed by atoms with van der Waals surface area (Å²) in [6, 6.07) is 18.0. The maximum atomic E-state index is 14.2. The SMILES string of the molecule is FF.FF.O=C(Nc1ccc(N2CCN(c3ccccc3F)CC2)nc1)c1nc(-c2ccccc2)oc1F. The molecule has 2 aromatic carbocycles. The Bertz CT molecular complexity index is 1300. The molecule has 38 heavy (non-hydrogen) atoms. The number of hydrogen-bond donors (Lipinski definition) is 1. The maximum absolute atomic E-state index is 14.2. The molecule has 0 spiro atoms. The predicted octanol–water partition coefficient (Wildman–Crippen LogP) is 6.27. The summed E-state index contributed by atoms with van der Waals surface area (Å²) in [5, 5.41) is 2.60. The second kappa shape index (κ2) is 13.7. The Balaban J connectivity index is 0.000000956. The lowest BCUT2D eigenvalue weighted by Crippen LogP contribution is -2.47. The molecule has 1 saturated heterocycles. The average molecular weight is 537 g/mol. The molecule has 1 aliphatic heterocycles. The van der Waals surface area contributed by atoms with E-state index in [2.05, 4.69) is 20.2 Å². The van der Waals surface area contributed by atoms with Gasteiger partial charge in [0.05, 0.1) is 17.6 Å². The van der Waals surface area contributed by atoms with E-state index in [1.165, 1.54) is 12.3 Å². The number of rotatable bonds is 5. The molecule has 0 saturated carbocycles. The van der Waals surface area contributed by atoms with Crippen molar-refractivity contribution in [3.8, 4) is 11.5 Å². The number of para-hydroxylation sites is 1. The second-order valence-corrected chi connectivity index (χ2v) is 7.79. The molecule has 2 aromatic heterocycles. The molecule has 1 N–H and O–H groups in total. The Morgan fingerprint density at radius 3 is 2.08 bits per heavy atom. The van der Waals surface area contributed by atoms with Crippen LogP contribution >= 0.6 is 0 Å². The van der Waals surface area contributed by atoms with Crippen molar-refractivity contribution < 1.29 is 36.3 Å². The van der Waals surface area contributed by atoms with E-state index in [-0.39, 0.29) is 11.7 Å². The number of anilines is 3. The predicted molar refractivity (Wildman–Crippen MR) is 129 cm³/mol. The molecule has 3 heterocycles. The van der Waals surface area contributed by atoms with E-state index in [1.54, 1.807) is 48.5 Å². The first-order valence-electron chi connectivity index (χ1n) is 11.1. The van der Waals surface area contributed by atoms with Gasteiger partial charge in [0.25, 0.3) is 5.91 Å². The molecule has 0 atom stereocenters. The van der Waals surface area contributed by atoms with Gasteiger partial charge in [-0.25, -0.2) is 14.4 Å². The van der Waals surface area contributed by atoms with Crippen LogP contribution < -0.4 is 15.1 Å². The van der Waals surface area contributed by atoms with Crippen molar-refractivity contribution in [2.45, 2.75) is 0 Å². The van der Waals surface area contributed by atoms with Crippen LogP contribution in [0.2, 0.25) is 0 Å². The molecule has 0 unspecified atom stereocenters. The number of carbonyl (C=O) groups is 1. The third kappa shape index (κ3) is 6.60. The van der Waals surface area contributed by atoms with E-state index in [1.807, 2.05) is 17.0 Å². The number of oxazole rings is 1. The lowest BCUT2D eigenvalue weighted by Gasteiger charge is -2.36. The quantitative estimate of drug-likeness (QED) is 0.303. The van der Waals surface area contributed by atoms with E-state index in [0.717, 1.165) is 5.82 Å². The third-order valence-electron chi connectivity index (χ3n) is 5.62. The Labute approximate surface area is 213 Å². The Hall–Kier alpha value is -4.55. The van der Waals surface area contributed by atoms with Crippen LogP contribution in [0.25, 0.3) is 11.5 Å². The van der Waals surface area contributed by atoms with Gasteiger partial charge in [0.1, 0.15) is 11.6 Å². The molecule has 1 fully saturated rings. The number of benzene rings is 2. The fourth-order valence-corrected chi connectivity index (χ4v) is 3.87. The Kier molecular flexibility index (Phi) is 10.1. The van der Waals surface area contributed by atoms with E-state index in [9.17, 15) is 13.6 Å². The Morgan fingerprint density at radius 2 is 1.45 bits per heavy atom. The first-order valence-corrected chi connectivity index (χ1v) is 11.1. The number of carbonyl (C=O) groups excluding carboxylic acids is 1. The van der Waals surface area contributed by atoms with Gasteiger partial charge < -0.3 is 19.5 Å². The van der Waals surface area contributed by atoms with E-state index in [0.29, 0.717) is 43.1 Å². The van der Waals surface area contributed by atoms with Gasteiger partial charge in [-0.3, -0.25) is 4.79 Å². The van der Waals surface area contributed by atoms with Gasteiger partial charge in [-0.2, -0.15) is 4.39 Å². The number of halogens is 6. The van der Waals surface area contributed by atoms with Crippen molar-refractivity contribution >= 4 is 23.1 Å². The van der Waals surface area contributed by atoms with Crippen molar-refractivity contribution in [1.29, 1.82) is 0 Å². The van der Waals surface area contributed by atoms with Crippen LogP contribution in [0.4, 0.5) is 44.3 Å². The zero-order chi connectivity index (χ0) is 27.5. The lowest BCUT2D eigenvalue weighted by atomic mass is 10.2. The summed E-state index contributed by atoms with van der Waals surface area (Å²) < 4.78 is 65.3. The van der Waals surface area contributed by atoms with Crippen LogP contribution in [0.5, 0.6) is 0 Å². The zero-order valence-electron chi connectivity index (χ0n) is 19.6. The molecule has 5 rings (SSSR count). The molecule has 0 aliphatic carbocycles. The van der Waals surface area contributed by atoms with Crippen molar-refractivity contribution in [3.05, 3.63) is 90.5 Å². The first kappa shape index (κ1) is 28.0. The average Bonchev–Trinajstić information content (AvgIpc) is 3.38.